The van der Waals surface area contributed by atoms with Gasteiger partial charge in [-0.15, -0.1) is 0 Å². The Labute approximate surface area is 118 Å². The topological polar surface area (TPSA) is 88.4 Å². The number of aryl methyl sites for hydroxylation is 1. The smallest absolute Gasteiger partial charge is 0.324 e. The molecule has 2 atom stereocenters. The van der Waals surface area contributed by atoms with Crippen LogP contribution in [0.4, 0.5) is 0 Å². The Morgan fingerprint density at radius 2 is 2.25 bits per heavy atom. The highest BCUT2D eigenvalue weighted by Gasteiger charge is 2.45. The van der Waals surface area contributed by atoms with Gasteiger partial charge in [-0.1, -0.05) is 19.8 Å². The normalized spacial score (nSPS) is 27.4. The van der Waals surface area contributed by atoms with Crippen molar-refractivity contribution < 1.29 is 18.3 Å². The Hall–Kier alpha value is -1.34. The standard InChI is InChI=1S/C13H20N2O4S/c1-10-4-3-6-13(8-10,12(16)17)14-20(18,19)11-5-7-15(2)9-11/h5,7,9-10,14H,3-4,6,8H2,1-2H3,(H,16,17). The molecule has 20 heavy (non-hydrogen) atoms. The van der Waals surface area contributed by atoms with Gasteiger partial charge < -0.3 is 9.67 Å². The lowest BCUT2D eigenvalue weighted by Crippen LogP contribution is -2.56. The maximum absolute atomic E-state index is 12.3. The first-order valence-corrected chi connectivity index (χ1v) is 8.13. The number of hydrogen-bond donors (Lipinski definition) is 2. The van der Waals surface area contributed by atoms with E-state index in [0.29, 0.717) is 19.3 Å². The molecule has 7 heteroatoms. The van der Waals surface area contributed by atoms with E-state index in [2.05, 4.69) is 4.72 Å². The lowest BCUT2D eigenvalue weighted by molar-refractivity contribution is -0.146. The highest BCUT2D eigenvalue weighted by molar-refractivity contribution is 7.89. The van der Waals surface area contributed by atoms with E-state index in [9.17, 15) is 18.3 Å². The molecule has 1 aliphatic carbocycles. The maximum atomic E-state index is 12.3. The van der Waals surface area contributed by atoms with Crippen molar-refractivity contribution in [2.75, 3.05) is 0 Å². The molecule has 1 aromatic heterocycles. The molecule has 0 bridgehead atoms. The molecular formula is C13H20N2O4S. The van der Waals surface area contributed by atoms with Gasteiger partial charge in [0.1, 0.15) is 5.54 Å². The van der Waals surface area contributed by atoms with E-state index in [1.165, 1.54) is 12.3 Å². The van der Waals surface area contributed by atoms with Crippen LogP contribution < -0.4 is 4.72 Å². The molecule has 2 rings (SSSR count). The number of nitrogens with one attached hydrogen (secondary N) is 1. The van der Waals surface area contributed by atoms with Crippen molar-refractivity contribution in [1.82, 2.24) is 9.29 Å². The van der Waals surface area contributed by atoms with E-state index in [4.69, 9.17) is 0 Å². The largest absolute Gasteiger partial charge is 0.480 e. The predicted molar refractivity (Wildman–Crippen MR) is 73.7 cm³/mol. The summed E-state index contributed by atoms with van der Waals surface area (Å²) in [4.78, 5) is 11.7. The van der Waals surface area contributed by atoms with Gasteiger partial charge in [-0.25, -0.2) is 8.42 Å². The number of aliphatic carboxylic acids is 1. The Morgan fingerprint density at radius 1 is 1.55 bits per heavy atom. The molecule has 1 saturated carbocycles. The van der Waals surface area contributed by atoms with Crippen LogP contribution >= 0.6 is 0 Å². The van der Waals surface area contributed by atoms with Crippen molar-refractivity contribution in [3.05, 3.63) is 18.5 Å². The zero-order chi connectivity index (χ0) is 15.0. The highest BCUT2D eigenvalue weighted by Crippen LogP contribution is 2.33. The molecule has 0 aliphatic heterocycles. The summed E-state index contributed by atoms with van der Waals surface area (Å²) < 4.78 is 28.7. The molecule has 0 amide bonds. The third kappa shape index (κ3) is 2.88. The maximum Gasteiger partial charge on any atom is 0.324 e. The molecule has 1 aliphatic rings. The second-order valence-electron chi connectivity index (χ2n) is 5.71. The predicted octanol–water partition coefficient (Wildman–Crippen LogP) is 1.34. The van der Waals surface area contributed by atoms with E-state index >= 15 is 0 Å². The Morgan fingerprint density at radius 3 is 2.75 bits per heavy atom. The van der Waals surface area contributed by atoms with Crippen molar-refractivity contribution in [3.8, 4) is 0 Å². The summed E-state index contributed by atoms with van der Waals surface area (Å²) in [5.74, 6) is -0.901. The molecule has 0 spiro atoms. The molecule has 2 unspecified atom stereocenters. The number of carboxylic acids is 1. The van der Waals surface area contributed by atoms with Gasteiger partial charge in [-0.2, -0.15) is 4.72 Å². The minimum absolute atomic E-state index is 0.0962. The van der Waals surface area contributed by atoms with Crippen LogP contribution in [0, 0.1) is 5.92 Å². The fourth-order valence-electron chi connectivity index (χ4n) is 2.83. The zero-order valence-electron chi connectivity index (χ0n) is 11.7. The summed E-state index contributed by atoms with van der Waals surface area (Å²) in [6.07, 6.45) is 5.38. The summed E-state index contributed by atoms with van der Waals surface area (Å²) in [5.41, 5.74) is -1.38. The first-order chi connectivity index (χ1) is 9.25. The average molecular weight is 300 g/mol. The van der Waals surface area contributed by atoms with E-state index in [1.807, 2.05) is 6.92 Å². The Kier molecular flexibility index (Phi) is 3.93. The van der Waals surface area contributed by atoms with Gasteiger partial charge in [-0.3, -0.25) is 4.79 Å². The van der Waals surface area contributed by atoms with Gasteiger partial charge in [0.15, 0.2) is 0 Å². The second-order valence-corrected chi connectivity index (χ2v) is 7.39. The van der Waals surface area contributed by atoms with E-state index in [1.54, 1.807) is 17.8 Å². The minimum Gasteiger partial charge on any atom is -0.480 e. The number of nitrogens with zero attached hydrogens (tertiary/aromatic N) is 1. The first kappa shape index (κ1) is 15.1. The Bertz CT molecular complexity index is 608. The van der Waals surface area contributed by atoms with Crippen molar-refractivity contribution in [2.24, 2.45) is 13.0 Å². The molecule has 0 aromatic carbocycles. The summed E-state index contributed by atoms with van der Waals surface area (Å²) in [6.45, 7) is 1.95. The number of aromatic nitrogens is 1. The van der Waals surface area contributed by atoms with Crippen LogP contribution in [0.5, 0.6) is 0 Å². The van der Waals surface area contributed by atoms with Crippen molar-refractivity contribution in [2.45, 2.75) is 43.0 Å². The number of carbonyl (C=O) groups is 1. The van der Waals surface area contributed by atoms with Crippen LogP contribution in [0.1, 0.15) is 32.6 Å². The van der Waals surface area contributed by atoms with Gasteiger partial charge in [0.25, 0.3) is 0 Å². The molecular weight excluding hydrogens is 280 g/mol. The third-order valence-electron chi connectivity index (χ3n) is 3.85. The molecule has 1 aromatic rings. The van der Waals surface area contributed by atoms with Gasteiger partial charge >= 0.3 is 5.97 Å². The fourth-order valence-corrected chi connectivity index (χ4v) is 4.28. The highest BCUT2D eigenvalue weighted by atomic mass is 32.2. The summed E-state index contributed by atoms with van der Waals surface area (Å²) in [7, 11) is -2.10. The molecule has 0 radical (unpaired) electrons. The molecule has 6 nitrogen and oxygen atoms in total. The van der Waals surface area contributed by atoms with Crippen LogP contribution in [-0.4, -0.2) is 29.6 Å². The average Bonchev–Trinajstić information content (AvgIpc) is 2.76. The Balaban J connectivity index is 2.31. The lowest BCUT2D eigenvalue weighted by atomic mass is 9.77. The summed E-state index contributed by atoms with van der Waals surface area (Å²) in [6, 6.07) is 1.46. The van der Waals surface area contributed by atoms with E-state index in [-0.39, 0.29) is 10.8 Å². The van der Waals surface area contributed by atoms with Crippen molar-refractivity contribution in [3.63, 3.8) is 0 Å². The van der Waals surface area contributed by atoms with Gasteiger partial charge in [0.2, 0.25) is 10.0 Å². The fraction of sp³-hybridized carbons (Fsp3) is 0.615. The molecule has 1 heterocycles. The molecule has 2 N–H and O–H groups in total. The number of sulfonamides is 1. The van der Waals surface area contributed by atoms with Gasteiger partial charge in [0.05, 0.1) is 4.90 Å². The van der Waals surface area contributed by atoms with Crippen molar-refractivity contribution in [1.29, 1.82) is 0 Å². The van der Waals surface area contributed by atoms with E-state index < -0.39 is 21.5 Å². The van der Waals surface area contributed by atoms with Crippen LogP contribution in [0.25, 0.3) is 0 Å². The lowest BCUT2D eigenvalue weighted by Gasteiger charge is -2.36. The minimum atomic E-state index is -3.82. The zero-order valence-corrected chi connectivity index (χ0v) is 12.5. The number of hydrogen-bond acceptors (Lipinski definition) is 3. The van der Waals surface area contributed by atoms with Gasteiger partial charge in [0, 0.05) is 19.4 Å². The number of rotatable bonds is 4. The summed E-state index contributed by atoms with van der Waals surface area (Å²) in [5, 5.41) is 9.49. The summed E-state index contributed by atoms with van der Waals surface area (Å²) >= 11 is 0. The molecule has 112 valence electrons. The van der Waals surface area contributed by atoms with Crippen molar-refractivity contribution >= 4 is 16.0 Å². The quantitative estimate of drug-likeness (QED) is 0.878. The van der Waals surface area contributed by atoms with Crippen LogP contribution in [0.3, 0.4) is 0 Å². The molecule has 0 saturated heterocycles. The third-order valence-corrected chi connectivity index (χ3v) is 5.37. The van der Waals surface area contributed by atoms with Crippen LogP contribution in [0.15, 0.2) is 23.4 Å². The molecule has 1 fully saturated rings. The monoisotopic (exact) mass is 300 g/mol. The van der Waals surface area contributed by atoms with Gasteiger partial charge in [-0.05, 0) is 24.8 Å². The van der Waals surface area contributed by atoms with E-state index in [0.717, 1.165) is 6.42 Å². The SMILES string of the molecule is CC1CCCC(NS(=O)(=O)c2ccn(C)c2)(C(=O)O)C1. The first-order valence-electron chi connectivity index (χ1n) is 6.64. The van der Waals surface area contributed by atoms with Crippen LogP contribution in [-0.2, 0) is 21.9 Å². The second kappa shape index (κ2) is 5.21. The number of carboxylic acid groups (broad SMARTS) is 1. The van der Waals surface area contributed by atoms with Crippen LogP contribution in [0.2, 0.25) is 0 Å².